The number of primary amides is 1. The van der Waals surface area contributed by atoms with E-state index in [1.807, 2.05) is 24.3 Å². The van der Waals surface area contributed by atoms with Gasteiger partial charge in [0.05, 0.1) is 30.1 Å². The topological polar surface area (TPSA) is 321 Å². The van der Waals surface area contributed by atoms with Gasteiger partial charge in [-0.25, -0.2) is 13.6 Å². The number of nitrogens with zero attached hydrogens (tertiary/aromatic N) is 1. The molecule has 1 saturated heterocycles. The van der Waals surface area contributed by atoms with E-state index in [2.05, 4.69) is 36.6 Å². The maximum atomic E-state index is 15.4. The molecule has 1 aliphatic carbocycles. The number of phenols is 1. The molecule has 20 nitrogen and oxygen atoms in total. The number of rotatable bonds is 11. The van der Waals surface area contributed by atoms with Crippen molar-refractivity contribution in [1.29, 1.82) is 0 Å². The normalized spacial score (nSPS) is 22.9. The van der Waals surface area contributed by atoms with Gasteiger partial charge in [0, 0.05) is 107 Å². The van der Waals surface area contributed by atoms with Crippen LogP contribution in [0.2, 0.25) is 0 Å². The van der Waals surface area contributed by atoms with Gasteiger partial charge in [-0.15, -0.1) is 0 Å². The van der Waals surface area contributed by atoms with Crippen molar-refractivity contribution in [3.63, 3.8) is 0 Å². The van der Waals surface area contributed by atoms with Crippen LogP contribution in [0.5, 0.6) is 5.75 Å². The number of Topliss-reactive ketones (excluding diaryl/α,β-unsaturated/α-hetero) is 3. The van der Waals surface area contributed by atoms with Gasteiger partial charge in [0.1, 0.15) is 29.5 Å². The summed E-state index contributed by atoms with van der Waals surface area (Å²) in [5.74, 6) is -5.80. The summed E-state index contributed by atoms with van der Waals surface area (Å²) in [5.41, 5.74) is 16.7. The number of nitrogens with one attached hydrogen (secondary N) is 7. The van der Waals surface area contributed by atoms with Gasteiger partial charge in [0.15, 0.2) is 17.3 Å². The van der Waals surface area contributed by atoms with Crippen molar-refractivity contribution < 1.29 is 57.0 Å². The molecular formula is C72H82F2N10O10S2. The zero-order chi connectivity index (χ0) is 68.0. The SMILES string of the molecule is C[C@@]12CCCN1C(=O)[C@H](Cc1ccc(O)cc1)NC(=O)N[C@@H]1CCCc3ccc(cc31)C(=O)[C@H](Cc1c[nH]c3ccc(F)cc13)NC(=O)[C@H](Cc1c[nH]c3ccc(F)cc13)CC(=O)CNC(=O)[C@H](CCCCN)NC(=O)CCSCc1cccc(c1)CSC[C@@H](C(N)=O)CC2=O. The predicted molar refractivity (Wildman–Crippen MR) is 366 cm³/mol. The molecule has 3 aliphatic rings. The van der Waals surface area contributed by atoms with Crippen LogP contribution in [0.4, 0.5) is 13.6 Å². The quantitative estimate of drug-likeness (QED) is 0.0545. The summed E-state index contributed by atoms with van der Waals surface area (Å²) in [6.07, 6.45) is 6.09. The number of aromatic hydroxyl groups is 1. The number of H-pyrrole nitrogens is 2. The Morgan fingerprint density at radius 2 is 1.41 bits per heavy atom. The number of ketones is 3. The third-order valence-corrected chi connectivity index (χ3v) is 20.8. The van der Waals surface area contributed by atoms with Crippen LogP contribution >= 0.6 is 23.5 Å². The molecule has 0 saturated carbocycles. The molecule has 5 aromatic carbocycles. The highest BCUT2D eigenvalue weighted by molar-refractivity contribution is 7.98. The number of aromatic nitrogens is 2. The number of nitrogens with two attached hydrogens (primary N) is 2. The fourth-order valence-corrected chi connectivity index (χ4v) is 15.2. The van der Waals surface area contributed by atoms with Crippen LogP contribution in [0.15, 0.2) is 116 Å². The molecule has 2 aliphatic heterocycles. The summed E-state index contributed by atoms with van der Waals surface area (Å²) in [7, 11) is 0. The average molecular weight is 1350 g/mol. The van der Waals surface area contributed by atoms with Crippen molar-refractivity contribution in [3.8, 4) is 5.75 Å². The van der Waals surface area contributed by atoms with E-state index in [4.69, 9.17) is 11.5 Å². The van der Waals surface area contributed by atoms with E-state index >= 15 is 14.4 Å². The van der Waals surface area contributed by atoms with E-state index in [1.54, 1.807) is 61.8 Å². The van der Waals surface area contributed by atoms with Crippen molar-refractivity contribution >= 4 is 98.2 Å². The Balaban J connectivity index is 0.971. The minimum atomic E-state index is -1.35. The first-order valence-electron chi connectivity index (χ1n) is 32.7. The smallest absolute Gasteiger partial charge is 0.315 e. The first-order valence-corrected chi connectivity index (χ1v) is 35.0. The van der Waals surface area contributed by atoms with Crippen LogP contribution in [0.1, 0.15) is 126 Å². The third kappa shape index (κ3) is 17.8. The van der Waals surface area contributed by atoms with E-state index in [-0.39, 0.29) is 73.8 Å². The fraction of sp³-hybridized carbons (Fsp3) is 0.403. The summed E-state index contributed by atoms with van der Waals surface area (Å²) in [6.45, 7) is 1.70. The second kappa shape index (κ2) is 32.2. The molecule has 96 heavy (non-hydrogen) atoms. The zero-order valence-electron chi connectivity index (χ0n) is 53.6. The van der Waals surface area contributed by atoms with Crippen LogP contribution in [0, 0.1) is 23.5 Å². The van der Waals surface area contributed by atoms with Crippen molar-refractivity contribution in [1.82, 2.24) is 41.5 Å². The first-order chi connectivity index (χ1) is 46.2. The highest BCUT2D eigenvalue weighted by Crippen LogP contribution is 2.36. The lowest BCUT2D eigenvalue weighted by Crippen LogP contribution is -2.59. The van der Waals surface area contributed by atoms with Crippen molar-refractivity contribution in [2.45, 2.75) is 138 Å². The molecule has 0 unspecified atom stereocenters. The lowest BCUT2D eigenvalue weighted by Gasteiger charge is -2.37. The number of thioether (sulfide) groups is 2. The molecule has 4 heterocycles. The Morgan fingerprint density at radius 3 is 2.10 bits per heavy atom. The molecule has 2 aromatic heterocycles. The summed E-state index contributed by atoms with van der Waals surface area (Å²) in [4.78, 5) is 137. The minimum absolute atomic E-state index is 0.00677. The van der Waals surface area contributed by atoms with E-state index in [0.29, 0.717) is 113 Å². The van der Waals surface area contributed by atoms with Crippen molar-refractivity contribution in [2.24, 2.45) is 23.3 Å². The lowest BCUT2D eigenvalue weighted by molar-refractivity contribution is -0.145. The summed E-state index contributed by atoms with van der Waals surface area (Å²) >= 11 is 2.97. The number of hydrogen-bond donors (Lipinski definition) is 10. The van der Waals surface area contributed by atoms with E-state index in [0.717, 1.165) is 16.7 Å². The van der Waals surface area contributed by atoms with E-state index < -0.39 is 107 Å². The van der Waals surface area contributed by atoms with Crippen LogP contribution in [0.25, 0.3) is 21.8 Å². The Kier molecular flexibility index (Phi) is 23.5. The number of urea groups is 1. The second-order valence-electron chi connectivity index (χ2n) is 25.5. The highest BCUT2D eigenvalue weighted by Gasteiger charge is 2.48. The molecule has 7 amide bonds. The summed E-state index contributed by atoms with van der Waals surface area (Å²) < 4.78 is 29.8. The highest BCUT2D eigenvalue weighted by atomic mass is 32.2. The van der Waals surface area contributed by atoms with E-state index in [9.17, 15) is 42.7 Å². The Morgan fingerprint density at radius 1 is 0.708 bits per heavy atom. The van der Waals surface area contributed by atoms with Gasteiger partial charge in [-0.1, -0.05) is 48.5 Å². The van der Waals surface area contributed by atoms with Gasteiger partial charge in [0.25, 0.3) is 0 Å². The number of aryl methyl sites for hydroxylation is 1. The summed E-state index contributed by atoms with van der Waals surface area (Å²) in [6, 6.07) is 22.5. The number of phenolic OH excluding ortho intramolecular Hbond substituents is 1. The number of halogens is 2. The molecule has 0 spiro atoms. The van der Waals surface area contributed by atoms with Gasteiger partial charge in [-0.05, 0) is 165 Å². The average Bonchev–Trinajstić information content (AvgIpc) is 1.50. The maximum Gasteiger partial charge on any atom is 0.315 e. The Hall–Kier alpha value is -8.87. The van der Waals surface area contributed by atoms with Gasteiger partial charge >= 0.3 is 6.03 Å². The molecule has 506 valence electrons. The second-order valence-corrected chi connectivity index (χ2v) is 27.7. The molecule has 7 atom stereocenters. The number of fused-ring (bicyclic) bond motifs is 6. The number of carbonyl (C=O) groups excluding carboxylic acids is 9. The first kappa shape index (κ1) is 69.9. The van der Waals surface area contributed by atoms with Crippen LogP contribution in [-0.4, -0.2) is 128 Å². The van der Waals surface area contributed by atoms with Gasteiger partial charge in [0.2, 0.25) is 29.5 Å². The van der Waals surface area contributed by atoms with Gasteiger partial charge in [-0.3, -0.25) is 38.4 Å². The van der Waals surface area contributed by atoms with Crippen molar-refractivity contribution in [2.75, 3.05) is 31.1 Å². The third-order valence-electron chi connectivity index (χ3n) is 18.6. The predicted octanol–water partition coefficient (Wildman–Crippen LogP) is 8.39. The molecular weight excluding hydrogens is 1270 g/mol. The number of hydrogen-bond acceptors (Lipinski definition) is 13. The molecule has 4 bridgehead atoms. The molecule has 10 rings (SSSR count). The minimum Gasteiger partial charge on any atom is -0.508 e. The molecule has 1 fully saturated rings. The van der Waals surface area contributed by atoms with Crippen LogP contribution in [0.3, 0.4) is 0 Å². The van der Waals surface area contributed by atoms with E-state index in [1.165, 1.54) is 64.8 Å². The monoisotopic (exact) mass is 1350 g/mol. The largest absolute Gasteiger partial charge is 0.508 e. The van der Waals surface area contributed by atoms with Crippen molar-refractivity contribution in [3.05, 3.63) is 172 Å². The molecule has 7 aromatic rings. The zero-order valence-corrected chi connectivity index (χ0v) is 55.2. The van der Waals surface area contributed by atoms with Gasteiger partial charge in [-0.2, -0.15) is 23.5 Å². The van der Waals surface area contributed by atoms with Crippen LogP contribution < -0.4 is 38.1 Å². The Labute approximate surface area is 563 Å². The summed E-state index contributed by atoms with van der Waals surface area (Å²) in [5, 5.41) is 25.6. The number of benzene rings is 5. The number of carbonyl (C=O) groups is 9. The fourth-order valence-electron chi connectivity index (χ4n) is 13.3. The number of unbranched alkanes of at least 4 members (excludes halogenated alkanes) is 1. The van der Waals surface area contributed by atoms with Gasteiger partial charge < -0.3 is 58.0 Å². The molecule has 0 radical (unpaired) electrons. The molecule has 12 N–H and O–H groups in total. The van der Waals surface area contributed by atoms with Crippen LogP contribution in [-0.2, 0) is 70.8 Å². The number of amides is 7. The maximum absolute atomic E-state index is 15.4. The molecule has 24 heteroatoms. The lowest BCUT2D eigenvalue weighted by atomic mass is 9.85. The number of aromatic amines is 2. The Bertz CT molecular complexity index is 4030. The standard InChI is InChI=1S/C72H82F2N10O10S2/c1-72-23-6-25-84(72)70(93)63(28-42-12-18-53(85)19-13-42)83-71(94)82-60-11-5-9-45-14-15-46(31-55(45)60)66(89)62(32-49-37-78-59-21-17-52(74)35-57(49)59)81-68(91)47(29-48-36-77-58-20-16-51(73)34-56(48)58)30-54(86)38-79-69(92)61(10-2-3-24-75)80-65(88)22-26-95-39-43-7-4-8-44(27-43)40-96-41-50(67(76)90)33-64(72)87/h4,7-8,12-21,27,31,34-37,47,50,60-63,77-78,85H,2-3,5-6,9-11,22-26,28-30,32-33,38-41,75H2,1H3,(H2,76,90)(H,79,92)(H,80,88)(H,81,91)(H2,82,83,94)/t47-,50+,60-,61+,62+,63+,72+/m1/s1.